The van der Waals surface area contributed by atoms with Crippen LogP contribution in [0.25, 0.3) is 0 Å². The fraction of sp³-hybridized carbons (Fsp3) is 0.444. The second-order valence-corrected chi connectivity index (χ2v) is 8.47. The van der Waals surface area contributed by atoms with Crippen LogP contribution in [-0.4, -0.2) is 23.1 Å². The van der Waals surface area contributed by atoms with Crippen molar-refractivity contribution in [3.63, 3.8) is 0 Å². The lowest BCUT2D eigenvalue weighted by molar-refractivity contribution is -0.126. The first kappa shape index (κ1) is 16.0. The van der Waals surface area contributed by atoms with Crippen LogP contribution in [0.4, 0.5) is 0 Å². The van der Waals surface area contributed by atoms with E-state index in [1.54, 1.807) is 22.7 Å². The third-order valence-corrected chi connectivity index (χ3v) is 6.67. The minimum Gasteiger partial charge on any atom is -0.366 e. The summed E-state index contributed by atoms with van der Waals surface area (Å²) in [5.41, 5.74) is 2.28. The molecule has 1 amide bonds. The van der Waals surface area contributed by atoms with Gasteiger partial charge < -0.3 is 10.1 Å². The quantitative estimate of drug-likeness (QED) is 0.830. The molecule has 4 heterocycles. The van der Waals surface area contributed by atoms with Crippen molar-refractivity contribution in [2.45, 2.75) is 44.9 Å². The van der Waals surface area contributed by atoms with E-state index in [-0.39, 0.29) is 30.1 Å². The Kier molecular flexibility index (Phi) is 4.28. The number of hydrogen-bond donors (Lipinski definition) is 1. The second-order valence-electron chi connectivity index (χ2n) is 6.46. The van der Waals surface area contributed by atoms with Crippen molar-refractivity contribution in [3.8, 4) is 0 Å². The highest BCUT2D eigenvalue weighted by Crippen LogP contribution is 2.35. The minimum atomic E-state index is -0.0767. The van der Waals surface area contributed by atoms with E-state index in [4.69, 9.17) is 4.74 Å². The number of hydrogen-bond acceptors (Lipinski definition) is 5. The van der Waals surface area contributed by atoms with E-state index in [1.807, 2.05) is 13.0 Å². The Balaban J connectivity index is 1.53. The molecule has 0 spiro atoms. The van der Waals surface area contributed by atoms with Crippen LogP contribution < -0.4 is 5.32 Å². The maximum atomic E-state index is 12.8. The number of carbonyl (C=O) groups excluding carboxylic acids is 1. The molecule has 126 valence electrons. The van der Waals surface area contributed by atoms with Gasteiger partial charge in [0, 0.05) is 11.3 Å². The maximum absolute atomic E-state index is 12.8. The summed E-state index contributed by atoms with van der Waals surface area (Å²) < 4.78 is 5.74. The van der Waals surface area contributed by atoms with Crippen LogP contribution in [0.15, 0.2) is 29.0 Å². The van der Waals surface area contributed by atoms with Gasteiger partial charge in [-0.25, -0.2) is 4.98 Å². The Labute approximate surface area is 149 Å². The fourth-order valence-corrected chi connectivity index (χ4v) is 4.96. The highest BCUT2D eigenvalue weighted by Gasteiger charge is 2.41. The van der Waals surface area contributed by atoms with Gasteiger partial charge in [-0.3, -0.25) is 4.79 Å². The van der Waals surface area contributed by atoms with Crippen LogP contribution in [0.2, 0.25) is 0 Å². The van der Waals surface area contributed by atoms with Crippen molar-refractivity contribution in [2.24, 2.45) is 5.92 Å². The molecular weight excluding hydrogens is 340 g/mol. The molecule has 1 N–H and O–H groups in total. The largest absolute Gasteiger partial charge is 0.366 e. The predicted molar refractivity (Wildman–Crippen MR) is 96.4 cm³/mol. The van der Waals surface area contributed by atoms with Crippen LogP contribution in [0.3, 0.4) is 0 Å². The first-order valence-corrected chi connectivity index (χ1v) is 9.95. The summed E-state index contributed by atoms with van der Waals surface area (Å²) >= 11 is 3.36. The fourth-order valence-electron chi connectivity index (χ4n) is 3.30. The van der Waals surface area contributed by atoms with Crippen LogP contribution in [-0.2, 0) is 16.0 Å². The van der Waals surface area contributed by atoms with Gasteiger partial charge >= 0.3 is 0 Å². The number of aromatic nitrogens is 1. The molecule has 6 heteroatoms. The summed E-state index contributed by atoms with van der Waals surface area (Å²) in [7, 11) is 0. The molecule has 0 saturated carbocycles. The van der Waals surface area contributed by atoms with E-state index in [0.717, 1.165) is 23.5 Å². The van der Waals surface area contributed by atoms with Crippen molar-refractivity contribution < 1.29 is 9.53 Å². The summed E-state index contributed by atoms with van der Waals surface area (Å²) in [6.45, 7) is 4.10. The number of amides is 1. The van der Waals surface area contributed by atoms with Crippen molar-refractivity contribution in [3.05, 3.63) is 50.1 Å². The van der Waals surface area contributed by atoms with E-state index in [9.17, 15) is 4.79 Å². The first-order chi connectivity index (χ1) is 11.6. The normalized spacial score (nSPS) is 26.0. The van der Waals surface area contributed by atoms with Gasteiger partial charge in [-0.05, 0) is 42.7 Å². The van der Waals surface area contributed by atoms with Gasteiger partial charge in [-0.1, -0.05) is 12.2 Å². The third-order valence-electron chi connectivity index (χ3n) is 4.75. The average molecular weight is 361 g/mol. The Morgan fingerprint density at radius 1 is 1.46 bits per heavy atom. The molecule has 2 aliphatic rings. The van der Waals surface area contributed by atoms with Crippen molar-refractivity contribution in [1.29, 1.82) is 0 Å². The molecule has 4 rings (SSSR count). The van der Waals surface area contributed by atoms with Crippen molar-refractivity contribution >= 4 is 28.6 Å². The number of aryl methyl sites for hydroxylation is 2. The van der Waals surface area contributed by atoms with Crippen LogP contribution in [0.5, 0.6) is 0 Å². The zero-order chi connectivity index (χ0) is 16.7. The molecule has 2 aromatic heterocycles. The van der Waals surface area contributed by atoms with E-state index >= 15 is 0 Å². The minimum absolute atomic E-state index is 0.0587. The molecule has 0 aliphatic carbocycles. The summed E-state index contributed by atoms with van der Waals surface area (Å²) in [6, 6.07) is 2.04. The van der Waals surface area contributed by atoms with Gasteiger partial charge in [0.15, 0.2) is 0 Å². The van der Waals surface area contributed by atoms with Gasteiger partial charge in [0.1, 0.15) is 5.01 Å². The molecule has 1 saturated heterocycles. The summed E-state index contributed by atoms with van der Waals surface area (Å²) in [6.07, 6.45) is 5.70. The van der Waals surface area contributed by atoms with Gasteiger partial charge in [0.05, 0.1) is 29.9 Å². The number of rotatable bonds is 5. The molecule has 1 fully saturated rings. The molecule has 24 heavy (non-hydrogen) atoms. The lowest BCUT2D eigenvalue weighted by Crippen LogP contribution is -2.38. The molecule has 0 aromatic carbocycles. The first-order valence-electron chi connectivity index (χ1n) is 8.19. The third kappa shape index (κ3) is 3.06. The Hall–Kier alpha value is -1.50. The van der Waals surface area contributed by atoms with Crippen LogP contribution in [0, 0.1) is 19.8 Å². The average Bonchev–Trinajstić information content (AvgIpc) is 3.33. The predicted octanol–water partition coefficient (Wildman–Crippen LogP) is 3.56. The lowest BCUT2D eigenvalue weighted by Gasteiger charge is -2.21. The number of nitrogens with one attached hydrogen (secondary N) is 1. The Morgan fingerprint density at radius 3 is 2.92 bits per heavy atom. The summed E-state index contributed by atoms with van der Waals surface area (Å²) in [5.74, 6) is 0.00437. The Morgan fingerprint density at radius 2 is 2.33 bits per heavy atom. The summed E-state index contributed by atoms with van der Waals surface area (Å²) in [5, 5.41) is 8.43. The highest BCUT2D eigenvalue weighted by atomic mass is 32.1. The van der Waals surface area contributed by atoms with E-state index in [1.165, 1.54) is 10.4 Å². The lowest BCUT2D eigenvalue weighted by atomic mass is 9.93. The van der Waals surface area contributed by atoms with Gasteiger partial charge in [0.2, 0.25) is 5.91 Å². The molecule has 0 radical (unpaired) electrons. The molecule has 2 aliphatic heterocycles. The highest BCUT2D eigenvalue weighted by molar-refractivity contribution is 7.11. The van der Waals surface area contributed by atoms with Crippen LogP contribution >= 0.6 is 22.7 Å². The number of carbonyl (C=O) groups is 1. The second kappa shape index (κ2) is 6.43. The van der Waals surface area contributed by atoms with Gasteiger partial charge in [0.25, 0.3) is 0 Å². The van der Waals surface area contributed by atoms with Gasteiger partial charge in [-0.2, -0.15) is 11.3 Å². The zero-order valence-corrected chi connectivity index (χ0v) is 15.3. The molecule has 2 bridgehead atoms. The number of nitrogens with zero attached hydrogens (tertiary/aromatic N) is 1. The van der Waals surface area contributed by atoms with E-state index in [2.05, 4.69) is 40.1 Å². The van der Waals surface area contributed by atoms with Crippen molar-refractivity contribution in [1.82, 2.24) is 10.3 Å². The molecule has 4 nitrogen and oxygen atoms in total. The van der Waals surface area contributed by atoms with Crippen molar-refractivity contribution in [2.75, 3.05) is 0 Å². The topological polar surface area (TPSA) is 51.2 Å². The number of thiazole rings is 1. The van der Waals surface area contributed by atoms with E-state index in [0.29, 0.717) is 0 Å². The summed E-state index contributed by atoms with van der Waals surface area (Å²) in [4.78, 5) is 18.7. The molecule has 0 unspecified atom stereocenters. The standard InChI is InChI=1S/C18H20N2O2S2/c1-10-11(2)24-18(19-10)15(7-12-5-6-23-9-12)20-17(21)14-8-13-3-4-16(14)22-13/h3-6,9,13-16H,7-8H2,1-2H3,(H,20,21)/t13-,14-,15-,16-/m1/s1. The zero-order valence-electron chi connectivity index (χ0n) is 13.7. The maximum Gasteiger partial charge on any atom is 0.226 e. The van der Waals surface area contributed by atoms with Crippen LogP contribution in [0.1, 0.15) is 33.6 Å². The van der Waals surface area contributed by atoms with E-state index < -0.39 is 0 Å². The molecule has 2 aromatic rings. The SMILES string of the molecule is Cc1nc([C@@H](Cc2ccsc2)NC(=O)[C@@H]2C[C@H]3C=C[C@H]2O3)sc1C. The smallest absolute Gasteiger partial charge is 0.226 e. The molecule has 4 atom stereocenters. The Bertz CT molecular complexity index is 747. The number of ether oxygens (including phenoxy) is 1. The number of fused-ring (bicyclic) bond motifs is 2. The van der Waals surface area contributed by atoms with Gasteiger partial charge in [-0.15, -0.1) is 11.3 Å². The molecular formula is C18H20N2O2S2. The monoisotopic (exact) mass is 360 g/mol. The number of thiophene rings is 1.